The molecule has 2 aliphatic heterocycles. The molecule has 4 fully saturated rings. The second-order valence-corrected chi connectivity index (χ2v) is 9.30. The monoisotopic (exact) mass is 416 g/mol. The standard InChI is InChI=1S/C22H24O8/c1-12-8-9-21(26)19(2)11-28-18(25)22(19,27)14-10-20(12,21)15(17(24)29-14)30-16(23)13-6-4-3-5-7-13/h3-7,12,14-15,26-27H,8-11H2,1-2H3/t12-,14-,15+,19+,20+,21+,22-/m1/s1. The molecular weight excluding hydrogens is 392 g/mol. The number of benzene rings is 1. The Bertz CT molecular complexity index is 946. The molecule has 2 heterocycles. The molecule has 0 aromatic heterocycles. The fourth-order valence-corrected chi connectivity index (χ4v) is 6.54. The van der Waals surface area contributed by atoms with Crippen LogP contribution in [0.1, 0.15) is 43.5 Å². The van der Waals surface area contributed by atoms with Crippen LogP contribution in [0, 0.1) is 16.7 Å². The number of ether oxygens (including phenoxy) is 3. The predicted molar refractivity (Wildman–Crippen MR) is 99.9 cm³/mol. The molecular formula is C22H24O8. The maximum absolute atomic E-state index is 13.1. The molecule has 0 amide bonds. The zero-order valence-electron chi connectivity index (χ0n) is 16.8. The third-order valence-corrected chi connectivity index (χ3v) is 8.31. The van der Waals surface area contributed by atoms with E-state index < -0.39 is 52.1 Å². The van der Waals surface area contributed by atoms with E-state index in [4.69, 9.17) is 14.2 Å². The Labute approximate surface area is 173 Å². The van der Waals surface area contributed by atoms with E-state index in [2.05, 4.69) is 0 Å². The number of carbonyl (C=O) groups is 3. The topological polar surface area (TPSA) is 119 Å². The normalized spacial score (nSPS) is 46.5. The smallest absolute Gasteiger partial charge is 0.348 e. The SMILES string of the molecule is C[C@@H]1CC[C@@]2(O)[C@@]13C[C@@H](OC(=O)[C@@H]3OC(=O)c1ccccc1)[C@@]1(O)C(=O)OC[C@@]21C. The maximum atomic E-state index is 13.1. The van der Waals surface area contributed by atoms with Crippen LogP contribution in [0.2, 0.25) is 0 Å². The molecule has 30 heavy (non-hydrogen) atoms. The summed E-state index contributed by atoms with van der Waals surface area (Å²) in [6.07, 6.45) is -1.76. The molecule has 2 N–H and O–H groups in total. The summed E-state index contributed by atoms with van der Waals surface area (Å²) in [5, 5.41) is 23.5. The van der Waals surface area contributed by atoms with Gasteiger partial charge in [-0.25, -0.2) is 14.4 Å². The van der Waals surface area contributed by atoms with Crippen LogP contribution in [-0.4, -0.2) is 58.1 Å². The second kappa shape index (κ2) is 5.82. The zero-order valence-corrected chi connectivity index (χ0v) is 16.8. The van der Waals surface area contributed by atoms with Crippen molar-refractivity contribution in [2.24, 2.45) is 16.7 Å². The fourth-order valence-electron chi connectivity index (χ4n) is 6.54. The Morgan fingerprint density at radius 3 is 2.60 bits per heavy atom. The number of hydrogen-bond donors (Lipinski definition) is 2. The Balaban J connectivity index is 1.64. The number of fused-ring (bicyclic) bond motifs is 4. The summed E-state index contributed by atoms with van der Waals surface area (Å²) in [6, 6.07) is 8.27. The Kier molecular flexibility index (Phi) is 3.79. The van der Waals surface area contributed by atoms with Gasteiger partial charge in [0.1, 0.15) is 12.7 Å². The first-order valence-electron chi connectivity index (χ1n) is 10.2. The molecule has 1 spiro atoms. The quantitative estimate of drug-likeness (QED) is 0.541. The van der Waals surface area contributed by atoms with Crippen LogP contribution in [0.4, 0.5) is 0 Å². The van der Waals surface area contributed by atoms with E-state index in [1.807, 2.05) is 6.92 Å². The number of hydrogen-bond acceptors (Lipinski definition) is 8. The molecule has 5 rings (SSSR count). The molecule has 2 saturated heterocycles. The van der Waals surface area contributed by atoms with Crippen molar-refractivity contribution >= 4 is 17.9 Å². The van der Waals surface area contributed by atoms with Crippen molar-refractivity contribution in [1.82, 2.24) is 0 Å². The van der Waals surface area contributed by atoms with E-state index in [-0.39, 0.29) is 30.9 Å². The number of esters is 3. The minimum atomic E-state index is -2.15. The maximum Gasteiger partial charge on any atom is 0.348 e. The van der Waals surface area contributed by atoms with Crippen molar-refractivity contribution in [3.05, 3.63) is 35.9 Å². The fraction of sp³-hybridized carbons (Fsp3) is 0.591. The summed E-state index contributed by atoms with van der Waals surface area (Å²) < 4.78 is 16.4. The average Bonchev–Trinajstić information content (AvgIpc) is 3.14. The van der Waals surface area contributed by atoms with Crippen molar-refractivity contribution < 1.29 is 38.8 Å². The summed E-state index contributed by atoms with van der Waals surface area (Å²) in [5.74, 6) is -2.68. The van der Waals surface area contributed by atoms with Gasteiger partial charge in [0, 0.05) is 6.42 Å². The minimum Gasteiger partial charge on any atom is -0.463 e. The number of carbonyl (C=O) groups excluding carboxylic acids is 3. The van der Waals surface area contributed by atoms with Gasteiger partial charge in [-0.1, -0.05) is 25.1 Å². The van der Waals surface area contributed by atoms with Gasteiger partial charge in [-0.2, -0.15) is 0 Å². The Morgan fingerprint density at radius 2 is 1.90 bits per heavy atom. The summed E-state index contributed by atoms with van der Waals surface area (Å²) in [4.78, 5) is 38.4. The van der Waals surface area contributed by atoms with E-state index in [0.717, 1.165) is 0 Å². The molecule has 2 bridgehead atoms. The van der Waals surface area contributed by atoms with E-state index in [9.17, 15) is 24.6 Å². The van der Waals surface area contributed by atoms with Gasteiger partial charge in [0.05, 0.1) is 22.0 Å². The Hall–Kier alpha value is -2.45. The average molecular weight is 416 g/mol. The molecule has 0 radical (unpaired) electrons. The van der Waals surface area contributed by atoms with Gasteiger partial charge in [0.25, 0.3) is 0 Å². The molecule has 160 valence electrons. The number of cyclic esters (lactones) is 1. The van der Waals surface area contributed by atoms with E-state index >= 15 is 0 Å². The molecule has 8 nitrogen and oxygen atoms in total. The highest BCUT2D eigenvalue weighted by Crippen LogP contribution is 2.72. The second-order valence-electron chi connectivity index (χ2n) is 9.30. The minimum absolute atomic E-state index is 0.00430. The summed E-state index contributed by atoms with van der Waals surface area (Å²) in [6.45, 7) is 3.27. The van der Waals surface area contributed by atoms with Crippen molar-refractivity contribution in [1.29, 1.82) is 0 Å². The summed E-state index contributed by atoms with van der Waals surface area (Å²) >= 11 is 0. The van der Waals surface area contributed by atoms with Crippen molar-refractivity contribution in [2.75, 3.05) is 6.61 Å². The van der Waals surface area contributed by atoms with Crippen LogP contribution in [-0.2, 0) is 23.8 Å². The van der Waals surface area contributed by atoms with E-state index in [1.165, 1.54) is 0 Å². The van der Waals surface area contributed by atoms with Crippen molar-refractivity contribution in [2.45, 2.75) is 56.5 Å². The van der Waals surface area contributed by atoms with Crippen LogP contribution < -0.4 is 0 Å². The molecule has 1 aromatic rings. The van der Waals surface area contributed by atoms with Crippen LogP contribution in [0.5, 0.6) is 0 Å². The number of aliphatic hydroxyl groups is 2. The van der Waals surface area contributed by atoms with Crippen LogP contribution >= 0.6 is 0 Å². The lowest BCUT2D eigenvalue weighted by molar-refractivity contribution is -0.319. The molecule has 8 heteroatoms. The molecule has 7 atom stereocenters. The van der Waals surface area contributed by atoms with Crippen molar-refractivity contribution in [3.63, 3.8) is 0 Å². The first-order valence-corrected chi connectivity index (χ1v) is 10.2. The lowest BCUT2D eigenvalue weighted by Gasteiger charge is -2.64. The van der Waals surface area contributed by atoms with Gasteiger partial charge in [0.15, 0.2) is 0 Å². The predicted octanol–water partition coefficient (Wildman–Crippen LogP) is 0.983. The first kappa shape index (κ1) is 19.5. The molecule has 4 aliphatic rings. The highest BCUT2D eigenvalue weighted by molar-refractivity contribution is 5.93. The third-order valence-electron chi connectivity index (χ3n) is 8.31. The van der Waals surface area contributed by atoms with Crippen molar-refractivity contribution in [3.8, 4) is 0 Å². The van der Waals surface area contributed by atoms with Crippen LogP contribution in [0.15, 0.2) is 30.3 Å². The molecule has 2 aliphatic carbocycles. The lowest BCUT2D eigenvalue weighted by atomic mass is 9.44. The van der Waals surface area contributed by atoms with Gasteiger partial charge in [-0.3, -0.25) is 0 Å². The largest absolute Gasteiger partial charge is 0.463 e. The highest BCUT2D eigenvalue weighted by atomic mass is 16.6. The van der Waals surface area contributed by atoms with Gasteiger partial charge in [-0.15, -0.1) is 0 Å². The van der Waals surface area contributed by atoms with Crippen LogP contribution in [0.25, 0.3) is 0 Å². The molecule has 1 aromatic carbocycles. The first-order chi connectivity index (χ1) is 14.1. The third kappa shape index (κ3) is 1.92. The summed E-state index contributed by atoms with van der Waals surface area (Å²) in [5.41, 5.74) is -6.16. The molecule has 0 unspecified atom stereocenters. The summed E-state index contributed by atoms with van der Waals surface area (Å²) in [7, 11) is 0. The number of rotatable bonds is 2. The highest BCUT2D eigenvalue weighted by Gasteiger charge is 2.86. The van der Waals surface area contributed by atoms with Gasteiger partial charge in [-0.05, 0) is 37.8 Å². The van der Waals surface area contributed by atoms with E-state index in [0.29, 0.717) is 6.42 Å². The Morgan fingerprint density at radius 1 is 1.20 bits per heavy atom. The zero-order chi connectivity index (χ0) is 21.5. The van der Waals surface area contributed by atoms with Gasteiger partial charge < -0.3 is 24.4 Å². The van der Waals surface area contributed by atoms with Crippen LogP contribution in [0.3, 0.4) is 0 Å². The van der Waals surface area contributed by atoms with Gasteiger partial charge in [0.2, 0.25) is 11.7 Å². The van der Waals surface area contributed by atoms with E-state index in [1.54, 1.807) is 37.3 Å². The van der Waals surface area contributed by atoms with Gasteiger partial charge >= 0.3 is 17.9 Å². The lowest BCUT2D eigenvalue weighted by Crippen LogP contribution is -2.80. The molecule has 2 saturated carbocycles.